The van der Waals surface area contributed by atoms with Gasteiger partial charge in [-0.25, -0.2) is 9.97 Å². The molecule has 0 unspecified atom stereocenters. The van der Waals surface area contributed by atoms with E-state index in [1.165, 1.54) is 0 Å². The molecule has 0 aromatic carbocycles. The summed E-state index contributed by atoms with van der Waals surface area (Å²) < 4.78 is 7.08. The smallest absolute Gasteiger partial charge is 0.237 e. The third-order valence-electron chi connectivity index (χ3n) is 5.06. The molecule has 4 N–H and O–H groups in total. The van der Waals surface area contributed by atoms with Gasteiger partial charge in [-0.05, 0) is 31.4 Å². The van der Waals surface area contributed by atoms with E-state index in [0.29, 0.717) is 18.2 Å². The van der Waals surface area contributed by atoms with E-state index in [1.807, 2.05) is 31.4 Å². The van der Waals surface area contributed by atoms with E-state index in [9.17, 15) is 5.11 Å². The Labute approximate surface area is 163 Å². The molecule has 0 bridgehead atoms. The lowest BCUT2D eigenvalue weighted by molar-refractivity contribution is 0.148. The van der Waals surface area contributed by atoms with E-state index in [1.54, 1.807) is 17.8 Å². The number of rotatable bonds is 7. The molecule has 9 heteroatoms. The molecule has 1 fully saturated rings. The number of nitrogens with one attached hydrogen (secondary N) is 3. The number of nitrogens with zero attached hydrogens (tertiary/aromatic N) is 4. The van der Waals surface area contributed by atoms with Crippen molar-refractivity contribution in [3.8, 4) is 5.88 Å². The highest BCUT2D eigenvalue weighted by atomic mass is 16.5. The van der Waals surface area contributed by atoms with Crippen molar-refractivity contribution in [2.75, 3.05) is 24.8 Å². The van der Waals surface area contributed by atoms with E-state index < -0.39 is 0 Å². The summed E-state index contributed by atoms with van der Waals surface area (Å²) in [7, 11) is 3.43. The third-order valence-corrected chi connectivity index (χ3v) is 5.06. The minimum atomic E-state index is -0.280. The minimum absolute atomic E-state index is 0.125. The Hall–Kier alpha value is -2.91. The van der Waals surface area contributed by atoms with Crippen molar-refractivity contribution < 1.29 is 9.84 Å². The second-order valence-corrected chi connectivity index (χ2v) is 6.85. The molecular formula is C19H25N7O2. The number of aromatic nitrogens is 4. The lowest BCUT2D eigenvalue weighted by Gasteiger charge is -2.16. The van der Waals surface area contributed by atoms with Crippen LogP contribution in [0.4, 0.5) is 17.3 Å². The monoisotopic (exact) mass is 383 g/mol. The summed E-state index contributed by atoms with van der Waals surface area (Å²) >= 11 is 0. The zero-order chi connectivity index (χ0) is 19.5. The maximum atomic E-state index is 10.0. The summed E-state index contributed by atoms with van der Waals surface area (Å²) in [5.41, 5.74) is 2.45. The molecule has 1 aliphatic carbocycles. The van der Waals surface area contributed by atoms with Crippen LogP contribution in [0, 0.1) is 0 Å². The van der Waals surface area contributed by atoms with Gasteiger partial charge in [-0.3, -0.25) is 0 Å². The van der Waals surface area contributed by atoms with Gasteiger partial charge in [0.25, 0.3) is 0 Å². The van der Waals surface area contributed by atoms with Crippen LogP contribution in [0.15, 0.2) is 30.6 Å². The molecule has 148 valence electrons. The molecular weight excluding hydrogens is 358 g/mol. The van der Waals surface area contributed by atoms with Crippen LogP contribution in [-0.4, -0.2) is 51.0 Å². The van der Waals surface area contributed by atoms with Crippen molar-refractivity contribution in [2.24, 2.45) is 0 Å². The molecule has 3 heterocycles. The van der Waals surface area contributed by atoms with Crippen molar-refractivity contribution in [2.45, 2.75) is 38.0 Å². The van der Waals surface area contributed by atoms with Gasteiger partial charge in [-0.2, -0.15) is 9.61 Å². The van der Waals surface area contributed by atoms with Gasteiger partial charge in [0, 0.05) is 37.5 Å². The molecule has 0 aliphatic heterocycles. The Bertz CT molecular complexity index is 959. The Balaban J connectivity index is 1.63. The molecule has 4 rings (SSSR count). The highest BCUT2D eigenvalue weighted by Crippen LogP contribution is 2.26. The summed E-state index contributed by atoms with van der Waals surface area (Å²) in [6, 6.07) is 5.73. The largest absolute Gasteiger partial charge is 0.480 e. The van der Waals surface area contributed by atoms with Gasteiger partial charge >= 0.3 is 0 Å². The van der Waals surface area contributed by atoms with Crippen LogP contribution in [0.2, 0.25) is 0 Å². The van der Waals surface area contributed by atoms with E-state index in [2.05, 4.69) is 26.0 Å². The Morgan fingerprint density at radius 3 is 3.00 bits per heavy atom. The molecule has 0 saturated heterocycles. The molecule has 0 radical (unpaired) electrons. The Morgan fingerprint density at radius 2 is 2.25 bits per heavy atom. The zero-order valence-electron chi connectivity index (χ0n) is 16.0. The highest BCUT2D eigenvalue weighted by Gasteiger charge is 2.25. The van der Waals surface area contributed by atoms with Gasteiger partial charge in [-0.15, -0.1) is 0 Å². The van der Waals surface area contributed by atoms with E-state index in [-0.39, 0.29) is 12.1 Å². The van der Waals surface area contributed by atoms with E-state index >= 15 is 0 Å². The Morgan fingerprint density at radius 1 is 1.36 bits per heavy atom. The Kier molecular flexibility index (Phi) is 5.27. The van der Waals surface area contributed by atoms with Crippen LogP contribution >= 0.6 is 0 Å². The average Bonchev–Trinajstić information content (AvgIpc) is 3.32. The van der Waals surface area contributed by atoms with Crippen molar-refractivity contribution >= 4 is 23.0 Å². The number of methoxy groups -OCH3 is 1. The van der Waals surface area contributed by atoms with Crippen molar-refractivity contribution in [1.82, 2.24) is 24.9 Å². The molecule has 28 heavy (non-hydrogen) atoms. The lowest BCUT2D eigenvalue weighted by Crippen LogP contribution is -2.35. The van der Waals surface area contributed by atoms with Crippen LogP contribution in [0.1, 0.15) is 24.8 Å². The molecule has 0 spiro atoms. The van der Waals surface area contributed by atoms with E-state index in [4.69, 9.17) is 9.72 Å². The molecule has 2 atom stereocenters. The summed E-state index contributed by atoms with van der Waals surface area (Å²) in [4.78, 5) is 8.95. The molecule has 1 saturated carbocycles. The lowest BCUT2D eigenvalue weighted by atomic mass is 10.2. The highest BCUT2D eigenvalue weighted by molar-refractivity contribution is 5.67. The summed E-state index contributed by atoms with van der Waals surface area (Å²) in [5, 5.41) is 24.4. The first-order valence-electron chi connectivity index (χ1n) is 9.42. The van der Waals surface area contributed by atoms with Gasteiger partial charge in [0.15, 0.2) is 5.65 Å². The fourth-order valence-corrected chi connectivity index (χ4v) is 3.58. The number of aliphatic hydroxyl groups is 1. The second-order valence-electron chi connectivity index (χ2n) is 6.85. The number of ether oxygens (including phenoxy) is 1. The predicted octanol–water partition coefficient (Wildman–Crippen LogP) is 1.92. The normalized spacial score (nSPS) is 19.1. The van der Waals surface area contributed by atoms with Crippen LogP contribution < -0.4 is 20.7 Å². The second kappa shape index (κ2) is 7.99. The number of aliphatic hydroxyl groups excluding tert-OH is 1. The van der Waals surface area contributed by atoms with Gasteiger partial charge < -0.3 is 25.8 Å². The SMILES string of the molecule is CNc1cc(Nc2cccnc2OC)nc2c(CN[C@H]3CCC[C@@H]3O)cnn12. The molecule has 9 nitrogen and oxygen atoms in total. The van der Waals surface area contributed by atoms with Crippen molar-refractivity contribution in [3.05, 3.63) is 36.2 Å². The van der Waals surface area contributed by atoms with Crippen LogP contribution in [-0.2, 0) is 6.54 Å². The average molecular weight is 383 g/mol. The third kappa shape index (κ3) is 3.58. The quantitative estimate of drug-likeness (QED) is 0.490. The maximum Gasteiger partial charge on any atom is 0.237 e. The van der Waals surface area contributed by atoms with Crippen molar-refractivity contribution in [1.29, 1.82) is 0 Å². The topological polar surface area (TPSA) is 109 Å². The molecule has 1 aliphatic rings. The maximum absolute atomic E-state index is 10.0. The summed E-state index contributed by atoms with van der Waals surface area (Å²) in [6.07, 6.45) is 6.11. The fraction of sp³-hybridized carbons (Fsp3) is 0.421. The number of anilines is 3. The standard InChI is InChI=1S/C19H25N7O2/c1-20-17-9-16(24-14-6-4-8-21-19(14)28-2)25-18-12(11-23-26(17)18)10-22-13-5-3-7-15(13)27/h4,6,8-9,11,13,15,20,22,27H,3,5,7,10H2,1-2H3,(H,24,25)/t13-,15-/m0/s1. The zero-order valence-corrected chi connectivity index (χ0v) is 16.0. The summed E-state index contributed by atoms with van der Waals surface area (Å²) in [6.45, 7) is 0.598. The first-order chi connectivity index (χ1) is 13.7. The number of hydrogen-bond acceptors (Lipinski definition) is 8. The van der Waals surface area contributed by atoms with Gasteiger partial charge in [0.2, 0.25) is 5.88 Å². The summed E-state index contributed by atoms with van der Waals surface area (Å²) in [5.74, 6) is 1.97. The van der Waals surface area contributed by atoms with Gasteiger partial charge in [0.1, 0.15) is 17.3 Å². The molecule has 3 aromatic heterocycles. The fourth-order valence-electron chi connectivity index (χ4n) is 3.58. The van der Waals surface area contributed by atoms with Crippen molar-refractivity contribution in [3.63, 3.8) is 0 Å². The van der Waals surface area contributed by atoms with Crippen LogP contribution in [0.5, 0.6) is 5.88 Å². The van der Waals surface area contributed by atoms with Crippen LogP contribution in [0.3, 0.4) is 0 Å². The number of hydrogen-bond donors (Lipinski definition) is 4. The first kappa shape index (κ1) is 18.5. The van der Waals surface area contributed by atoms with Gasteiger partial charge in [0.05, 0.1) is 19.4 Å². The molecule has 3 aromatic rings. The predicted molar refractivity (Wildman–Crippen MR) is 107 cm³/mol. The molecule has 0 amide bonds. The van der Waals surface area contributed by atoms with E-state index in [0.717, 1.165) is 42.0 Å². The van der Waals surface area contributed by atoms with Gasteiger partial charge in [-0.1, -0.05) is 0 Å². The number of fused-ring (bicyclic) bond motifs is 1. The minimum Gasteiger partial charge on any atom is -0.480 e. The first-order valence-corrected chi connectivity index (χ1v) is 9.42. The number of pyridine rings is 1. The van der Waals surface area contributed by atoms with Crippen LogP contribution in [0.25, 0.3) is 5.65 Å².